The molecule has 12 nitrogen and oxygen atoms in total. The Bertz CT molecular complexity index is 1490. The fourth-order valence-corrected chi connectivity index (χ4v) is 12.4. The van der Waals surface area contributed by atoms with Crippen LogP contribution in [0.4, 0.5) is 0 Å². The molecule has 0 aromatic rings. The van der Waals surface area contributed by atoms with Crippen molar-refractivity contribution in [2.45, 2.75) is 117 Å². The van der Waals surface area contributed by atoms with Crippen molar-refractivity contribution in [2.75, 3.05) is 0 Å². The van der Waals surface area contributed by atoms with Crippen LogP contribution in [-0.2, 0) is 47.7 Å². The van der Waals surface area contributed by atoms with Gasteiger partial charge < -0.3 is 33.9 Å². The van der Waals surface area contributed by atoms with Crippen LogP contribution in [0.5, 0.6) is 0 Å². The summed E-state index contributed by atoms with van der Waals surface area (Å²) in [5.41, 5.74) is -4.80. The van der Waals surface area contributed by atoms with Crippen LogP contribution in [0.3, 0.4) is 0 Å². The van der Waals surface area contributed by atoms with Crippen molar-refractivity contribution in [2.24, 2.45) is 57.7 Å². The minimum Gasteiger partial charge on any atom is -0.460 e. The maximum absolute atomic E-state index is 14.4. The quantitative estimate of drug-likeness (QED) is 0.195. The monoisotopic (exact) mass is 658 g/mol. The van der Waals surface area contributed by atoms with Crippen LogP contribution >= 0.6 is 0 Å². The summed E-state index contributed by atoms with van der Waals surface area (Å²) < 4.78 is 30.6. The second kappa shape index (κ2) is 9.88. The number of epoxide rings is 1. The van der Waals surface area contributed by atoms with Gasteiger partial charge in [0.25, 0.3) is 0 Å². The van der Waals surface area contributed by atoms with Crippen molar-refractivity contribution in [1.82, 2.24) is 0 Å². The molecule has 47 heavy (non-hydrogen) atoms. The number of ether oxygens (including phenoxy) is 5. The number of hydrogen-bond donors (Lipinski definition) is 2. The van der Waals surface area contributed by atoms with E-state index in [1.807, 2.05) is 27.7 Å². The lowest BCUT2D eigenvalue weighted by Gasteiger charge is -2.65. The Labute approximate surface area is 273 Å². The first-order valence-corrected chi connectivity index (χ1v) is 16.8. The third kappa shape index (κ3) is 3.83. The fourth-order valence-electron chi connectivity index (χ4n) is 12.4. The Balaban J connectivity index is 1.52. The first kappa shape index (κ1) is 32.7. The first-order valence-electron chi connectivity index (χ1n) is 16.8. The molecule has 18 atom stereocenters. The van der Waals surface area contributed by atoms with E-state index in [1.165, 1.54) is 27.7 Å². The molecule has 2 aliphatic heterocycles. The summed E-state index contributed by atoms with van der Waals surface area (Å²) in [5.74, 6) is -7.71. The van der Waals surface area contributed by atoms with Gasteiger partial charge >= 0.3 is 23.9 Å². The molecule has 2 saturated heterocycles. The van der Waals surface area contributed by atoms with Gasteiger partial charge in [0.1, 0.15) is 36.6 Å². The van der Waals surface area contributed by atoms with Crippen molar-refractivity contribution < 1.29 is 57.9 Å². The molecule has 0 bridgehead atoms. The highest BCUT2D eigenvalue weighted by Gasteiger charge is 2.84. The summed E-state index contributed by atoms with van der Waals surface area (Å²) in [7, 11) is 0. The lowest BCUT2D eigenvalue weighted by molar-refractivity contribution is -0.274. The molecule has 12 heteroatoms. The van der Waals surface area contributed by atoms with Gasteiger partial charge in [0.2, 0.25) is 0 Å². The molecule has 0 aromatic carbocycles. The maximum atomic E-state index is 14.4. The van der Waals surface area contributed by atoms with Gasteiger partial charge in [0.15, 0.2) is 11.4 Å². The van der Waals surface area contributed by atoms with E-state index in [2.05, 4.69) is 6.58 Å². The van der Waals surface area contributed by atoms with E-state index in [-0.39, 0.29) is 18.4 Å². The van der Waals surface area contributed by atoms with Gasteiger partial charge in [0, 0.05) is 66.6 Å². The molecule has 0 unspecified atom stereocenters. The Morgan fingerprint density at radius 2 is 1.45 bits per heavy atom. The molecule has 0 spiro atoms. The number of carbonyl (C=O) groups is 5. The van der Waals surface area contributed by atoms with E-state index in [0.29, 0.717) is 12.0 Å². The second-order valence-corrected chi connectivity index (χ2v) is 16.3. The van der Waals surface area contributed by atoms with Crippen molar-refractivity contribution in [1.29, 1.82) is 0 Å². The van der Waals surface area contributed by atoms with Crippen LogP contribution in [-0.4, -0.2) is 88.2 Å². The summed E-state index contributed by atoms with van der Waals surface area (Å²) in [6.07, 6.45) is -5.85. The van der Waals surface area contributed by atoms with Crippen molar-refractivity contribution in [3.05, 3.63) is 12.2 Å². The summed E-state index contributed by atoms with van der Waals surface area (Å²) in [6, 6.07) is 0. The molecule has 2 N–H and O–H groups in total. The highest BCUT2D eigenvalue weighted by atomic mass is 16.6. The summed E-state index contributed by atoms with van der Waals surface area (Å²) in [6.45, 7) is 17.1. The molecule has 7 rings (SSSR count). The first-order chi connectivity index (χ1) is 21.7. The van der Waals surface area contributed by atoms with E-state index in [0.717, 1.165) is 0 Å². The van der Waals surface area contributed by atoms with E-state index < -0.39 is 124 Å². The van der Waals surface area contributed by atoms with Crippen LogP contribution in [0.2, 0.25) is 0 Å². The van der Waals surface area contributed by atoms with Gasteiger partial charge in [-0.1, -0.05) is 39.8 Å². The van der Waals surface area contributed by atoms with Gasteiger partial charge in [-0.25, -0.2) is 4.79 Å². The molecule has 2 heterocycles. The smallest absolute Gasteiger partial charge is 0.339 e. The standard InChI is InChI=1S/C35H46O12/c1-12-10-13(2)34(8)23-20(12)33(7)21(27(23)47-31(41)35(34,9)42)19-22(28(43-14(3)36)30(33)45-16(5)38)32(6)17(24(39)25(19)40)11-18-26(46-18)29(32)44-15(4)37/h12,17-23,25-30,40,42H,2,10-11H2,1,3-9H3/t12-,17-,18+,19+,20+,21-,22-,23+,25-,26+,27-,28+,29+,30+,32+,33-,34+,35-/m1/s1. The third-order valence-corrected chi connectivity index (χ3v) is 14.2. The van der Waals surface area contributed by atoms with Gasteiger partial charge in [-0.15, -0.1) is 0 Å². The highest BCUT2D eigenvalue weighted by Crippen LogP contribution is 2.76. The lowest BCUT2D eigenvalue weighted by atomic mass is 9.41. The van der Waals surface area contributed by atoms with Gasteiger partial charge in [-0.2, -0.15) is 0 Å². The number of esters is 4. The zero-order chi connectivity index (χ0) is 34.5. The molecule has 0 radical (unpaired) electrons. The number of carbonyl (C=O) groups excluding carboxylic acids is 5. The minimum absolute atomic E-state index is 0.123. The largest absolute Gasteiger partial charge is 0.460 e. The average Bonchev–Trinajstić information content (AvgIpc) is 3.67. The van der Waals surface area contributed by atoms with Crippen LogP contribution in [0.25, 0.3) is 0 Å². The van der Waals surface area contributed by atoms with E-state index >= 15 is 0 Å². The van der Waals surface area contributed by atoms with Crippen molar-refractivity contribution in [3.63, 3.8) is 0 Å². The molecule has 5 saturated carbocycles. The summed E-state index contributed by atoms with van der Waals surface area (Å²) in [4.78, 5) is 66.8. The number of aliphatic hydroxyl groups is 2. The topological polar surface area (TPSA) is 175 Å². The Kier molecular flexibility index (Phi) is 6.87. The molecule has 7 fully saturated rings. The number of aliphatic hydroxyl groups excluding tert-OH is 1. The normalized spacial score (nSPS) is 55.2. The van der Waals surface area contributed by atoms with Crippen molar-refractivity contribution >= 4 is 29.7 Å². The van der Waals surface area contributed by atoms with Gasteiger partial charge in [-0.3, -0.25) is 19.2 Å². The van der Waals surface area contributed by atoms with Crippen LogP contribution in [0.15, 0.2) is 12.2 Å². The second-order valence-electron chi connectivity index (χ2n) is 16.3. The summed E-state index contributed by atoms with van der Waals surface area (Å²) in [5, 5.41) is 24.0. The third-order valence-electron chi connectivity index (χ3n) is 14.2. The molecule has 0 amide bonds. The molecule has 258 valence electrons. The van der Waals surface area contributed by atoms with E-state index in [9.17, 15) is 34.2 Å². The predicted molar refractivity (Wildman–Crippen MR) is 160 cm³/mol. The molecule has 7 aliphatic rings. The van der Waals surface area contributed by atoms with Crippen LogP contribution < -0.4 is 0 Å². The number of hydrogen-bond acceptors (Lipinski definition) is 12. The number of fused-ring (bicyclic) bond motifs is 8. The number of rotatable bonds is 3. The lowest BCUT2D eigenvalue weighted by Crippen LogP contribution is -2.74. The Morgan fingerprint density at radius 3 is 2.04 bits per heavy atom. The number of ketones is 1. The minimum atomic E-state index is -1.95. The average molecular weight is 659 g/mol. The van der Waals surface area contributed by atoms with Crippen molar-refractivity contribution in [3.8, 4) is 0 Å². The van der Waals surface area contributed by atoms with Gasteiger partial charge in [-0.05, 0) is 31.6 Å². The van der Waals surface area contributed by atoms with Gasteiger partial charge in [0.05, 0.1) is 6.10 Å². The molecular formula is C35H46O12. The van der Waals surface area contributed by atoms with E-state index in [4.69, 9.17) is 23.7 Å². The number of Topliss-reactive ketones (excluding diaryl/α,β-unsaturated/α-hetero) is 1. The van der Waals surface area contributed by atoms with Crippen LogP contribution in [0, 0.1) is 57.7 Å². The predicted octanol–water partition coefficient (Wildman–Crippen LogP) is 1.91. The highest BCUT2D eigenvalue weighted by molar-refractivity contribution is 5.88. The van der Waals surface area contributed by atoms with Crippen LogP contribution in [0.1, 0.15) is 68.2 Å². The Morgan fingerprint density at radius 1 is 0.851 bits per heavy atom. The van der Waals surface area contributed by atoms with E-state index in [1.54, 1.807) is 0 Å². The molecule has 5 aliphatic carbocycles. The Hall–Kier alpha value is -2.83. The molecule has 0 aromatic heterocycles. The fraction of sp³-hybridized carbons (Fsp3) is 0.800. The maximum Gasteiger partial charge on any atom is 0.339 e. The zero-order valence-corrected chi connectivity index (χ0v) is 28.2. The zero-order valence-electron chi connectivity index (χ0n) is 28.2. The summed E-state index contributed by atoms with van der Waals surface area (Å²) >= 11 is 0. The SMILES string of the molecule is C=C1C[C@@H](C)[C@H]2[C@H]3[C@H](OC(=O)[C@@](C)(O)[C@@]13C)[C@H]1[C@H]3[C@H]([C@H](OC(C)=O)[C@H](OC(C)=O)[C@]21C)[C@]1(C)[C@H](C[C@@H]2O[C@@H]2[C@@H]1OC(C)=O)C(=O)[C@@H]3O. The molecular weight excluding hydrogens is 612 g/mol.